The third kappa shape index (κ3) is 4.65. The summed E-state index contributed by atoms with van der Waals surface area (Å²) < 4.78 is 11.8. The Labute approximate surface area is 212 Å². The lowest BCUT2D eigenvalue weighted by atomic mass is 10.1. The van der Waals surface area contributed by atoms with Gasteiger partial charge in [-0.2, -0.15) is 5.10 Å². The number of carbonyl (C=O) groups excluding carboxylic acids is 3. The smallest absolute Gasteiger partial charge is 0.348 e. The first kappa shape index (κ1) is 24.9. The maximum absolute atomic E-state index is 13.7. The van der Waals surface area contributed by atoms with Crippen LogP contribution < -0.4 is 5.32 Å². The molecule has 0 radical (unpaired) electrons. The van der Waals surface area contributed by atoms with E-state index in [2.05, 4.69) is 5.32 Å². The number of methoxy groups -OCH3 is 1. The second-order valence-electron chi connectivity index (χ2n) is 7.85. The van der Waals surface area contributed by atoms with Gasteiger partial charge in [0.15, 0.2) is 0 Å². The molecule has 0 unspecified atom stereocenters. The fourth-order valence-corrected chi connectivity index (χ4v) is 4.98. The molecule has 0 aliphatic carbocycles. The van der Waals surface area contributed by atoms with E-state index in [0.29, 0.717) is 22.5 Å². The number of benzene rings is 2. The minimum Gasteiger partial charge on any atom is -0.465 e. The van der Waals surface area contributed by atoms with Crippen LogP contribution in [0.5, 0.6) is 0 Å². The van der Waals surface area contributed by atoms with Crippen molar-refractivity contribution >= 4 is 34.2 Å². The third-order valence-corrected chi connectivity index (χ3v) is 6.80. The molecule has 2 heterocycles. The van der Waals surface area contributed by atoms with Crippen molar-refractivity contribution in [2.24, 2.45) is 0 Å². The molecule has 184 valence electrons. The lowest BCUT2D eigenvalue weighted by Gasteiger charge is -2.08. The van der Waals surface area contributed by atoms with Crippen molar-refractivity contribution in [3.63, 3.8) is 0 Å². The number of rotatable bonds is 7. The van der Waals surface area contributed by atoms with E-state index in [1.165, 1.54) is 7.11 Å². The van der Waals surface area contributed by atoms with E-state index in [1.807, 2.05) is 67.6 Å². The second-order valence-corrected chi connectivity index (χ2v) is 8.87. The van der Waals surface area contributed by atoms with Crippen molar-refractivity contribution in [2.45, 2.75) is 20.8 Å². The van der Waals surface area contributed by atoms with Gasteiger partial charge in [0.25, 0.3) is 5.91 Å². The van der Waals surface area contributed by atoms with Gasteiger partial charge in [0.2, 0.25) is 0 Å². The Kier molecular flexibility index (Phi) is 7.30. The lowest BCUT2D eigenvalue weighted by molar-refractivity contribution is 0.0531. The van der Waals surface area contributed by atoms with E-state index in [1.54, 1.807) is 18.5 Å². The molecule has 0 atom stereocenters. The summed E-state index contributed by atoms with van der Waals surface area (Å²) in [6.45, 7) is 5.32. The van der Waals surface area contributed by atoms with E-state index >= 15 is 0 Å². The van der Waals surface area contributed by atoms with Gasteiger partial charge in [-0.15, -0.1) is 11.3 Å². The quantitative estimate of drug-likeness (QED) is 0.338. The highest BCUT2D eigenvalue weighted by Gasteiger charge is 2.29. The van der Waals surface area contributed by atoms with Crippen molar-refractivity contribution in [1.29, 1.82) is 0 Å². The molecular weight excluding hydrogens is 478 g/mol. The molecule has 0 saturated heterocycles. The second kappa shape index (κ2) is 10.6. The number of amides is 1. The van der Waals surface area contributed by atoms with Crippen molar-refractivity contribution in [2.75, 3.05) is 19.0 Å². The summed E-state index contributed by atoms with van der Waals surface area (Å²) in [7, 11) is 1.25. The van der Waals surface area contributed by atoms with Gasteiger partial charge in [-0.25, -0.2) is 14.3 Å². The minimum absolute atomic E-state index is 0.119. The Bertz CT molecular complexity index is 1420. The number of nitrogens with zero attached hydrogens (tertiary/aromatic N) is 2. The van der Waals surface area contributed by atoms with Crippen LogP contribution in [-0.4, -0.2) is 41.3 Å². The Morgan fingerprint density at radius 3 is 2.19 bits per heavy atom. The fourth-order valence-electron chi connectivity index (χ4n) is 3.90. The molecule has 1 amide bonds. The average molecular weight is 504 g/mol. The Hall–Kier alpha value is -4.24. The maximum Gasteiger partial charge on any atom is 0.348 e. The topological polar surface area (TPSA) is 99.5 Å². The summed E-state index contributed by atoms with van der Waals surface area (Å²) >= 11 is 0.977. The number of nitrogens with one attached hydrogen (secondary N) is 1. The summed E-state index contributed by atoms with van der Waals surface area (Å²) in [5.41, 5.74) is 3.55. The van der Waals surface area contributed by atoms with Crippen molar-refractivity contribution in [1.82, 2.24) is 9.78 Å². The molecule has 36 heavy (non-hydrogen) atoms. The van der Waals surface area contributed by atoms with E-state index in [0.717, 1.165) is 22.6 Å². The molecule has 0 spiro atoms. The molecule has 2 aromatic carbocycles. The van der Waals surface area contributed by atoms with E-state index < -0.39 is 17.8 Å². The third-order valence-electron chi connectivity index (χ3n) is 5.62. The molecule has 9 heteroatoms. The first-order valence-electron chi connectivity index (χ1n) is 11.3. The predicted octanol–water partition coefficient (Wildman–Crippen LogP) is 5.43. The largest absolute Gasteiger partial charge is 0.465 e. The number of carbonyl (C=O) groups is 3. The number of hydrogen-bond acceptors (Lipinski definition) is 7. The molecule has 0 saturated carbocycles. The predicted molar refractivity (Wildman–Crippen MR) is 138 cm³/mol. The zero-order valence-electron chi connectivity index (χ0n) is 20.3. The normalized spacial score (nSPS) is 10.7. The molecule has 8 nitrogen and oxygen atoms in total. The van der Waals surface area contributed by atoms with Crippen LogP contribution in [-0.2, 0) is 9.47 Å². The molecular formula is C27H25N3O5S. The number of aromatic nitrogens is 2. The molecule has 4 rings (SSSR count). The fraction of sp³-hybridized carbons (Fsp3) is 0.185. The van der Waals surface area contributed by atoms with Crippen molar-refractivity contribution in [3.05, 3.63) is 87.9 Å². The Morgan fingerprint density at radius 1 is 0.944 bits per heavy atom. The number of hydrogen-bond donors (Lipinski definition) is 1. The summed E-state index contributed by atoms with van der Waals surface area (Å²) in [6.07, 6.45) is 0. The van der Waals surface area contributed by atoms with Gasteiger partial charge >= 0.3 is 11.9 Å². The van der Waals surface area contributed by atoms with Gasteiger partial charge in [0.05, 0.1) is 36.2 Å². The maximum atomic E-state index is 13.7. The molecule has 0 bridgehead atoms. The van der Waals surface area contributed by atoms with Gasteiger partial charge < -0.3 is 14.8 Å². The van der Waals surface area contributed by atoms with E-state index in [9.17, 15) is 14.4 Å². The Balaban J connectivity index is 1.82. The molecule has 2 aromatic heterocycles. The van der Waals surface area contributed by atoms with Crippen LogP contribution in [0, 0.1) is 13.8 Å². The summed E-state index contributed by atoms with van der Waals surface area (Å²) in [5.74, 6) is -1.69. The number of esters is 2. The molecule has 1 N–H and O–H groups in total. The van der Waals surface area contributed by atoms with Gasteiger partial charge in [-0.3, -0.25) is 4.79 Å². The summed E-state index contributed by atoms with van der Waals surface area (Å²) in [6, 6.07) is 18.9. The average Bonchev–Trinajstić information content (AvgIpc) is 3.41. The zero-order valence-corrected chi connectivity index (χ0v) is 21.1. The molecule has 0 aliphatic heterocycles. The van der Waals surface area contributed by atoms with E-state index in [4.69, 9.17) is 14.6 Å². The SMILES string of the molecule is CCOC(=O)c1sc(NC(=O)c2c(-c3ccccc3)nn(-c3ccccc3)c2C)c(C(=O)OC)c1C. The van der Waals surface area contributed by atoms with Crippen LogP contribution in [0.15, 0.2) is 60.7 Å². The molecule has 4 aromatic rings. The number of ether oxygens (including phenoxy) is 2. The van der Waals surface area contributed by atoms with Crippen LogP contribution >= 0.6 is 11.3 Å². The van der Waals surface area contributed by atoms with Crippen LogP contribution in [0.25, 0.3) is 16.9 Å². The molecule has 0 aliphatic rings. The Morgan fingerprint density at radius 2 is 1.58 bits per heavy atom. The van der Waals surface area contributed by atoms with Crippen molar-refractivity contribution < 1.29 is 23.9 Å². The molecule has 0 fully saturated rings. The van der Waals surface area contributed by atoms with Crippen LogP contribution in [0.2, 0.25) is 0 Å². The van der Waals surface area contributed by atoms with E-state index in [-0.39, 0.29) is 22.0 Å². The highest BCUT2D eigenvalue weighted by atomic mass is 32.1. The van der Waals surface area contributed by atoms with Gasteiger partial charge in [-0.05, 0) is 38.5 Å². The standard InChI is InChI=1S/C27H25N3O5S/c1-5-35-27(33)23-16(2)20(26(32)34-4)25(36-23)28-24(31)21-17(3)30(19-14-10-7-11-15-19)29-22(21)18-12-8-6-9-13-18/h6-15H,5H2,1-4H3,(H,28,31). The first-order chi connectivity index (χ1) is 17.4. The van der Waals surface area contributed by atoms with Gasteiger partial charge in [0.1, 0.15) is 15.6 Å². The van der Waals surface area contributed by atoms with Crippen LogP contribution in [0.1, 0.15) is 48.6 Å². The summed E-state index contributed by atoms with van der Waals surface area (Å²) in [4.78, 5) is 39.0. The van der Waals surface area contributed by atoms with Crippen molar-refractivity contribution in [3.8, 4) is 16.9 Å². The lowest BCUT2D eigenvalue weighted by Crippen LogP contribution is -2.16. The van der Waals surface area contributed by atoms with Crippen LogP contribution in [0.4, 0.5) is 5.00 Å². The van der Waals surface area contributed by atoms with Crippen LogP contribution in [0.3, 0.4) is 0 Å². The highest BCUT2D eigenvalue weighted by molar-refractivity contribution is 7.18. The summed E-state index contributed by atoms with van der Waals surface area (Å²) in [5, 5.41) is 7.80. The van der Waals surface area contributed by atoms with Gasteiger partial charge in [-0.1, -0.05) is 48.5 Å². The minimum atomic E-state index is -0.658. The number of para-hydroxylation sites is 1. The highest BCUT2D eigenvalue weighted by Crippen LogP contribution is 2.36. The number of thiophene rings is 1. The zero-order chi connectivity index (χ0) is 25.8. The first-order valence-corrected chi connectivity index (χ1v) is 12.1. The van der Waals surface area contributed by atoms with Gasteiger partial charge in [0, 0.05) is 5.56 Å². The monoisotopic (exact) mass is 503 g/mol. The number of anilines is 1.